The summed E-state index contributed by atoms with van der Waals surface area (Å²) in [5, 5.41) is 9.27. The second kappa shape index (κ2) is 7.02. The second-order valence-electron chi connectivity index (χ2n) is 6.93. The number of hydrogen-bond acceptors (Lipinski definition) is 6. The number of nitriles is 1. The van der Waals surface area contributed by atoms with Crippen molar-refractivity contribution in [3.8, 4) is 6.07 Å². The van der Waals surface area contributed by atoms with E-state index in [-0.39, 0.29) is 18.1 Å². The van der Waals surface area contributed by atoms with Crippen LogP contribution in [0.15, 0.2) is 29.2 Å². The molecule has 1 saturated heterocycles. The van der Waals surface area contributed by atoms with Crippen LogP contribution in [-0.4, -0.2) is 43.7 Å². The number of aryl methyl sites for hydroxylation is 1. The van der Waals surface area contributed by atoms with E-state index in [1.165, 1.54) is 12.1 Å². The molecule has 1 amide bonds. The molecule has 2 atom stereocenters. The van der Waals surface area contributed by atoms with Gasteiger partial charge in [-0.05, 0) is 39.8 Å². The molecular weight excluding hydrogens is 344 g/mol. The number of carbonyl (C=O) groups is 1. The highest BCUT2D eigenvalue weighted by Gasteiger charge is 2.45. The van der Waals surface area contributed by atoms with Crippen LogP contribution in [0.4, 0.5) is 4.79 Å². The lowest BCUT2D eigenvalue weighted by atomic mass is 10.1. The topological polar surface area (TPSA) is 96.7 Å². The Morgan fingerprint density at radius 3 is 2.40 bits per heavy atom. The molecule has 136 valence electrons. The Labute approximate surface area is 148 Å². The molecule has 0 aromatic heterocycles. The van der Waals surface area contributed by atoms with Gasteiger partial charge in [-0.25, -0.2) is 13.2 Å². The zero-order chi connectivity index (χ0) is 18.8. The molecule has 1 heterocycles. The SMILES string of the molecule is Cc1ccc(S(=O)(=O)N(C(=O)OC(C)(C)C)[C@@H]2COC[C@H]2C#N)cc1. The summed E-state index contributed by atoms with van der Waals surface area (Å²) < 4.78 is 37.3. The number of carbonyl (C=O) groups excluding carboxylic acids is 1. The van der Waals surface area contributed by atoms with Crippen LogP contribution in [0.1, 0.15) is 26.3 Å². The third-order valence-corrected chi connectivity index (χ3v) is 5.47. The van der Waals surface area contributed by atoms with Gasteiger partial charge < -0.3 is 9.47 Å². The lowest BCUT2D eigenvalue weighted by Gasteiger charge is -2.31. The first-order chi connectivity index (χ1) is 11.6. The third kappa shape index (κ3) is 4.30. The van der Waals surface area contributed by atoms with E-state index in [9.17, 15) is 18.5 Å². The van der Waals surface area contributed by atoms with Crippen LogP contribution in [0, 0.1) is 24.2 Å². The Morgan fingerprint density at radius 2 is 1.88 bits per heavy atom. The number of amides is 1. The molecule has 1 aromatic carbocycles. The van der Waals surface area contributed by atoms with E-state index in [1.807, 2.05) is 13.0 Å². The van der Waals surface area contributed by atoms with E-state index >= 15 is 0 Å². The van der Waals surface area contributed by atoms with Crippen molar-refractivity contribution in [1.82, 2.24) is 4.31 Å². The van der Waals surface area contributed by atoms with Gasteiger partial charge in [0.1, 0.15) is 5.60 Å². The number of sulfonamides is 1. The van der Waals surface area contributed by atoms with Crippen LogP contribution < -0.4 is 0 Å². The number of benzene rings is 1. The number of rotatable bonds is 3. The van der Waals surface area contributed by atoms with Crippen molar-refractivity contribution in [2.24, 2.45) is 5.92 Å². The summed E-state index contributed by atoms with van der Waals surface area (Å²) in [5.74, 6) is -0.743. The summed E-state index contributed by atoms with van der Waals surface area (Å²) in [6.07, 6.45) is -1.01. The fourth-order valence-electron chi connectivity index (χ4n) is 2.44. The minimum atomic E-state index is -4.19. The van der Waals surface area contributed by atoms with Gasteiger partial charge in [0, 0.05) is 0 Å². The standard InChI is InChI=1S/C17H22N2O5S/c1-12-5-7-14(8-6-12)25(21,22)19(16(20)24-17(2,3)4)15-11-23-10-13(15)9-18/h5-8,13,15H,10-11H2,1-4H3/t13-,15-/m1/s1. The molecule has 7 nitrogen and oxygen atoms in total. The van der Waals surface area contributed by atoms with Crippen LogP contribution in [-0.2, 0) is 19.5 Å². The van der Waals surface area contributed by atoms with Gasteiger partial charge in [0.25, 0.3) is 10.0 Å². The molecule has 0 spiro atoms. The molecule has 25 heavy (non-hydrogen) atoms. The molecule has 1 aliphatic rings. The highest BCUT2D eigenvalue weighted by Crippen LogP contribution is 2.28. The molecule has 0 saturated carbocycles. The average molecular weight is 366 g/mol. The summed E-state index contributed by atoms with van der Waals surface area (Å²) in [6, 6.07) is 7.23. The summed E-state index contributed by atoms with van der Waals surface area (Å²) >= 11 is 0. The Hall–Kier alpha value is -2.11. The normalized spacial score (nSPS) is 20.8. The van der Waals surface area contributed by atoms with Gasteiger partial charge in [-0.1, -0.05) is 17.7 Å². The molecule has 0 aliphatic carbocycles. The van der Waals surface area contributed by atoms with Gasteiger partial charge in [0.2, 0.25) is 0 Å². The van der Waals surface area contributed by atoms with Crippen LogP contribution in [0.25, 0.3) is 0 Å². The van der Waals surface area contributed by atoms with Crippen molar-refractivity contribution < 1.29 is 22.7 Å². The van der Waals surface area contributed by atoms with Crippen molar-refractivity contribution >= 4 is 16.1 Å². The van der Waals surface area contributed by atoms with Crippen molar-refractivity contribution in [2.75, 3.05) is 13.2 Å². The van der Waals surface area contributed by atoms with Crippen molar-refractivity contribution in [3.63, 3.8) is 0 Å². The van der Waals surface area contributed by atoms with Crippen LogP contribution in [0.5, 0.6) is 0 Å². The molecule has 2 rings (SSSR count). The van der Waals surface area contributed by atoms with Gasteiger partial charge in [-0.15, -0.1) is 0 Å². The van der Waals surface area contributed by atoms with Crippen molar-refractivity contribution in [1.29, 1.82) is 5.26 Å². The predicted octanol–water partition coefficient (Wildman–Crippen LogP) is 2.46. The maximum atomic E-state index is 13.1. The van der Waals surface area contributed by atoms with E-state index in [4.69, 9.17) is 9.47 Å². The largest absolute Gasteiger partial charge is 0.443 e. The molecule has 0 unspecified atom stereocenters. The first-order valence-corrected chi connectivity index (χ1v) is 9.32. The fourth-order valence-corrected chi connectivity index (χ4v) is 3.94. The summed E-state index contributed by atoms with van der Waals surface area (Å²) in [7, 11) is -4.19. The van der Waals surface area contributed by atoms with Gasteiger partial charge in [-0.2, -0.15) is 9.57 Å². The Bertz CT molecular complexity index is 775. The third-order valence-electron chi connectivity index (χ3n) is 3.67. The zero-order valence-electron chi connectivity index (χ0n) is 14.7. The summed E-state index contributed by atoms with van der Waals surface area (Å²) in [6.45, 7) is 6.81. The fraction of sp³-hybridized carbons (Fsp3) is 0.529. The van der Waals surface area contributed by atoms with E-state index < -0.39 is 33.7 Å². The highest BCUT2D eigenvalue weighted by atomic mass is 32.2. The van der Waals surface area contributed by atoms with Crippen LogP contribution >= 0.6 is 0 Å². The predicted molar refractivity (Wildman–Crippen MR) is 90.1 cm³/mol. The van der Waals surface area contributed by atoms with Crippen molar-refractivity contribution in [3.05, 3.63) is 29.8 Å². The first-order valence-electron chi connectivity index (χ1n) is 7.88. The van der Waals surface area contributed by atoms with E-state index in [0.29, 0.717) is 4.31 Å². The van der Waals surface area contributed by atoms with Gasteiger partial charge in [0.05, 0.1) is 36.1 Å². The van der Waals surface area contributed by atoms with Crippen molar-refractivity contribution in [2.45, 2.75) is 44.2 Å². The monoisotopic (exact) mass is 366 g/mol. The Morgan fingerprint density at radius 1 is 1.28 bits per heavy atom. The molecular formula is C17H22N2O5S. The van der Waals surface area contributed by atoms with Crippen LogP contribution in [0.2, 0.25) is 0 Å². The average Bonchev–Trinajstić information content (AvgIpc) is 2.93. The van der Waals surface area contributed by atoms with Gasteiger partial charge in [0.15, 0.2) is 0 Å². The Kier molecular flexibility index (Phi) is 5.40. The minimum Gasteiger partial charge on any atom is -0.443 e. The molecule has 0 N–H and O–H groups in total. The molecule has 1 aliphatic heterocycles. The molecule has 0 bridgehead atoms. The highest BCUT2D eigenvalue weighted by molar-refractivity contribution is 7.89. The van der Waals surface area contributed by atoms with Gasteiger partial charge in [-0.3, -0.25) is 0 Å². The van der Waals surface area contributed by atoms with E-state index in [2.05, 4.69) is 0 Å². The summed E-state index contributed by atoms with van der Waals surface area (Å²) in [5.41, 5.74) is 0.0154. The van der Waals surface area contributed by atoms with Crippen LogP contribution in [0.3, 0.4) is 0 Å². The maximum Gasteiger partial charge on any atom is 0.424 e. The molecule has 0 radical (unpaired) electrons. The Balaban J connectivity index is 2.48. The lowest BCUT2D eigenvalue weighted by molar-refractivity contribution is 0.0319. The quantitative estimate of drug-likeness (QED) is 0.815. The molecule has 1 fully saturated rings. The molecule has 1 aromatic rings. The smallest absolute Gasteiger partial charge is 0.424 e. The van der Waals surface area contributed by atoms with E-state index in [1.54, 1.807) is 32.9 Å². The first kappa shape index (κ1) is 19.2. The lowest BCUT2D eigenvalue weighted by Crippen LogP contribution is -2.49. The maximum absolute atomic E-state index is 13.1. The number of ether oxygens (including phenoxy) is 2. The molecule has 8 heteroatoms. The van der Waals surface area contributed by atoms with Gasteiger partial charge >= 0.3 is 6.09 Å². The summed E-state index contributed by atoms with van der Waals surface area (Å²) in [4.78, 5) is 12.6. The minimum absolute atomic E-state index is 0.0347. The second-order valence-corrected chi connectivity index (χ2v) is 8.75. The van der Waals surface area contributed by atoms with E-state index in [0.717, 1.165) is 5.56 Å². The number of hydrogen-bond donors (Lipinski definition) is 0. The number of nitrogens with zero attached hydrogens (tertiary/aromatic N) is 2. The zero-order valence-corrected chi connectivity index (χ0v) is 15.5.